The average molecular weight is 194 g/mol. The maximum Gasteiger partial charge on any atom is 0.109 e. The van der Waals surface area contributed by atoms with Crippen molar-refractivity contribution in [1.82, 2.24) is 9.55 Å². The van der Waals surface area contributed by atoms with Crippen LogP contribution in [0.25, 0.3) is 0 Å². The first-order valence-corrected chi connectivity index (χ1v) is 5.37. The number of aliphatic hydroxyl groups excluding tert-OH is 1. The third-order valence-electron chi connectivity index (χ3n) is 2.98. The summed E-state index contributed by atoms with van der Waals surface area (Å²) in [7, 11) is 0. The van der Waals surface area contributed by atoms with Crippen molar-refractivity contribution in [2.45, 2.75) is 39.2 Å². The van der Waals surface area contributed by atoms with Gasteiger partial charge in [0.15, 0.2) is 0 Å². The molecule has 14 heavy (non-hydrogen) atoms. The first-order valence-electron chi connectivity index (χ1n) is 5.37. The van der Waals surface area contributed by atoms with Gasteiger partial charge in [0.1, 0.15) is 5.82 Å². The molecule has 78 valence electrons. The number of hydrogen-bond donors (Lipinski definition) is 1. The minimum atomic E-state index is 0.296. The highest BCUT2D eigenvalue weighted by atomic mass is 16.3. The largest absolute Gasteiger partial charge is 0.396 e. The van der Waals surface area contributed by atoms with E-state index in [1.807, 2.05) is 0 Å². The van der Waals surface area contributed by atoms with Crippen LogP contribution in [0.1, 0.15) is 37.7 Å². The van der Waals surface area contributed by atoms with Gasteiger partial charge in [-0.25, -0.2) is 4.98 Å². The Morgan fingerprint density at radius 1 is 1.64 bits per heavy atom. The molecule has 2 rings (SSSR count). The highest BCUT2D eigenvalue weighted by Gasteiger charge is 2.20. The van der Waals surface area contributed by atoms with Crippen molar-refractivity contribution in [3.05, 3.63) is 17.7 Å². The van der Waals surface area contributed by atoms with Gasteiger partial charge in [0.2, 0.25) is 0 Å². The summed E-state index contributed by atoms with van der Waals surface area (Å²) in [5, 5.41) is 9.10. The Balaban J connectivity index is 2.21. The molecule has 3 nitrogen and oxygen atoms in total. The van der Waals surface area contributed by atoms with E-state index in [0.29, 0.717) is 18.4 Å². The van der Waals surface area contributed by atoms with E-state index < -0.39 is 0 Å². The predicted molar refractivity (Wildman–Crippen MR) is 55.2 cm³/mol. The van der Waals surface area contributed by atoms with Gasteiger partial charge in [-0.05, 0) is 18.3 Å². The maximum atomic E-state index is 9.10. The Hall–Kier alpha value is -0.830. The van der Waals surface area contributed by atoms with Crippen LogP contribution in [0.15, 0.2) is 6.20 Å². The molecule has 1 atom stereocenters. The van der Waals surface area contributed by atoms with Crippen molar-refractivity contribution < 1.29 is 5.11 Å². The Morgan fingerprint density at radius 3 is 3.07 bits per heavy atom. The van der Waals surface area contributed by atoms with Crippen LogP contribution in [0.4, 0.5) is 0 Å². The standard InChI is InChI=1S/C11H18N2O/c1-8(2)10-6-13-4-3-9(7-14)5-11(13)12-10/h6,8-9,14H,3-5,7H2,1-2H3. The lowest BCUT2D eigenvalue weighted by Gasteiger charge is -2.20. The number of aliphatic hydroxyl groups is 1. The number of rotatable bonds is 2. The van der Waals surface area contributed by atoms with E-state index in [1.54, 1.807) is 0 Å². The smallest absolute Gasteiger partial charge is 0.109 e. The van der Waals surface area contributed by atoms with Crippen LogP contribution < -0.4 is 0 Å². The van der Waals surface area contributed by atoms with Crippen molar-refractivity contribution in [1.29, 1.82) is 0 Å². The summed E-state index contributed by atoms with van der Waals surface area (Å²) in [5.41, 5.74) is 1.18. The molecule has 3 heteroatoms. The monoisotopic (exact) mass is 194 g/mol. The van der Waals surface area contributed by atoms with Gasteiger partial charge in [0.05, 0.1) is 5.69 Å². The highest BCUT2D eigenvalue weighted by molar-refractivity contribution is 5.10. The van der Waals surface area contributed by atoms with Crippen molar-refractivity contribution in [2.75, 3.05) is 6.61 Å². The van der Waals surface area contributed by atoms with Crippen LogP contribution in [0, 0.1) is 5.92 Å². The van der Waals surface area contributed by atoms with Gasteiger partial charge in [-0.1, -0.05) is 13.8 Å². The molecule has 0 fully saturated rings. The number of aryl methyl sites for hydroxylation is 1. The van der Waals surface area contributed by atoms with E-state index in [-0.39, 0.29) is 0 Å². The van der Waals surface area contributed by atoms with Gasteiger partial charge in [-0.3, -0.25) is 0 Å². The molecule has 1 aromatic rings. The van der Waals surface area contributed by atoms with Crippen molar-refractivity contribution in [2.24, 2.45) is 5.92 Å². The first-order chi connectivity index (χ1) is 6.70. The molecule has 0 saturated heterocycles. The molecule has 2 heterocycles. The summed E-state index contributed by atoms with van der Waals surface area (Å²) in [6, 6.07) is 0. The van der Waals surface area contributed by atoms with Crippen LogP contribution in [0.5, 0.6) is 0 Å². The molecular formula is C11H18N2O. The summed E-state index contributed by atoms with van der Waals surface area (Å²) in [6.07, 6.45) is 4.17. The SMILES string of the molecule is CC(C)c1cn2c(n1)CC(CO)CC2. The number of fused-ring (bicyclic) bond motifs is 1. The van der Waals surface area contributed by atoms with Crippen LogP contribution in [0.2, 0.25) is 0 Å². The first kappa shape index (κ1) is 9.71. The quantitative estimate of drug-likeness (QED) is 0.776. The Kier molecular flexibility index (Phi) is 2.59. The van der Waals surface area contributed by atoms with Gasteiger partial charge in [-0.2, -0.15) is 0 Å². The van der Waals surface area contributed by atoms with Gasteiger partial charge >= 0.3 is 0 Å². The number of imidazole rings is 1. The third-order valence-corrected chi connectivity index (χ3v) is 2.98. The van der Waals surface area contributed by atoms with E-state index in [2.05, 4.69) is 29.6 Å². The van der Waals surface area contributed by atoms with Gasteiger partial charge in [0.25, 0.3) is 0 Å². The van der Waals surface area contributed by atoms with Crippen LogP contribution in [-0.2, 0) is 13.0 Å². The summed E-state index contributed by atoms with van der Waals surface area (Å²) in [6.45, 7) is 5.64. The van der Waals surface area contributed by atoms with E-state index in [4.69, 9.17) is 5.11 Å². The summed E-state index contributed by atoms with van der Waals surface area (Å²) >= 11 is 0. The molecule has 0 amide bonds. The van der Waals surface area contributed by atoms with Crippen molar-refractivity contribution in [3.8, 4) is 0 Å². The zero-order chi connectivity index (χ0) is 10.1. The van der Waals surface area contributed by atoms with Crippen LogP contribution in [-0.4, -0.2) is 21.3 Å². The van der Waals surface area contributed by atoms with Gasteiger partial charge in [-0.15, -0.1) is 0 Å². The Bertz CT molecular complexity index is 317. The molecule has 0 spiro atoms. The predicted octanol–water partition coefficient (Wildman–Crippen LogP) is 1.56. The van der Waals surface area contributed by atoms with Gasteiger partial charge in [0, 0.05) is 25.8 Å². The van der Waals surface area contributed by atoms with Crippen LogP contribution in [0.3, 0.4) is 0 Å². The third kappa shape index (κ3) is 1.69. The number of aromatic nitrogens is 2. The topological polar surface area (TPSA) is 38.0 Å². The normalized spacial score (nSPS) is 21.3. The fraction of sp³-hybridized carbons (Fsp3) is 0.727. The second kappa shape index (κ2) is 3.73. The molecule has 1 aliphatic rings. The molecule has 0 bridgehead atoms. The molecule has 0 aliphatic carbocycles. The minimum Gasteiger partial charge on any atom is -0.396 e. The van der Waals surface area contributed by atoms with Crippen molar-refractivity contribution >= 4 is 0 Å². The molecule has 1 N–H and O–H groups in total. The van der Waals surface area contributed by atoms with E-state index in [1.165, 1.54) is 5.69 Å². The van der Waals surface area contributed by atoms with E-state index in [9.17, 15) is 0 Å². The second-order valence-corrected chi connectivity index (χ2v) is 4.47. The molecule has 1 aromatic heterocycles. The fourth-order valence-corrected chi connectivity index (χ4v) is 1.95. The lowest BCUT2D eigenvalue weighted by molar-refractivity contribution is 0.199. The second-order valence-electron chi connectivity index (χ2n) is 4.47. The maximum absolute atomic E-state index is 9.10. The lowest BCUT2D eigenvalue weighted by atomic mass is 9.99. The molecule has 0 saturated carbocycles. The van der Waals surface area contributed by atoms with Crippen LogP contribution >= 0.6 is 0 Å². The zero-order valence-corrected chi connectivity index (χ0v) is 8.90. The molecule has 0 radical (unpaired) electrons. The molecular weight excluding hydrogens is 176 g/mol. The molecule has 0 aromatic carbocycles. The van der Waals surface area contributed by atoms with E-state index in [0.717, 1.165) is 25.2 Å². The molecule has 1 aliphatic heterocycles. The Morgan fingerprint density at radius 2 is 2.43 bits per heavy atom. The summed E-state index contributed by atoms with van der Waals surface area (Å²) < 4.78 is 2.24. The summed E-state index contributed by atoms with van der Waals surface area (Å²) in [4.78, 5) is 4.60. The Labute approximate surface area is 84.8 Å². The zero-order valence-electron chi connectivity index (χ0n) is 8.90. The summed E-state index contributed by atoms with van der Waals surface area (Å²) in [5.74, 6) is 2.07. The van der Waals surface area contributed by atoms with Crippen molar-refractivity contribution in [3.63, 3.8) is 0 Å². The number of hydrogen-bond acceptors (Lipinski definition) is 2. The minimum absolute atomic E-state index is 0.296. The van der Waals surface area contributed by atoms with Gasteiger partial charge < -0.3 is 9.67 Å². The lowest BCUT2D eigenvalue weighted by Crippen LogP contribution is -2.21. The highest BCUT2D eigenvalue weighted by Crippen LogP contribution is 2.22. The average Bonchev–Trinajstić information content (AvgIpc) is 2.59. The number of nitrogens with zero attached hydrogens (tertiary/aromatic N) is 2. The molecule has 1 unspecified atom stereocenters. The van der Waals surface area contributed by atoms with E-state index >= 15 is 0 Å². The fourth-order valence-electron chi connectivity index (χ4n) is 1.95.